The molecule has 21 heavy (non-hydrogen) atoms. The summed E-state index contributed by atoms with van der Waals surface area (Å²) in [5.74, 6) is 1.57. The van der Waals surface area contributed by atoms with E-state index in [1.165, 1.54) is 24.6 Å². The monoisotopic (exact) mass is 295 g/mol. The molecule has 0 radical (unpaired) electrons. The molecule has 5 nitrogen and oxygen atoms in total. The average Bonchev–Trinajstić information content (AvgIpc) is 3.30. The van der Waals surface area contributed by atoms with Crippen LogP contribution in [0.5, 0.6) is 0 Å². The van der Waals surface area contributed by atoms with Crippen LogP contribution in [-0.2, 0) is 0 Å². The number of aromatic nitrogens is 5. The van der Waals surface area contributed by atoms with Crippen molar-refractivity contribution in [2.24, 2.45) is 0 Å². The Kier molecular flexibility index (Phi) is 3.16. The lowest BCUT2D eigenvalue weighted by Crippen LogP contribution is -2.01. The molecule has 1 aromatic carbocycles. The summed E-state index contributed by atoms with van der Waals surface area (Å²) in [6, 6.07) is 11.9. The Bertz CT molecular complexity index is 737. The lowest BCUT2D eigenvalue weighted by molar-refractivity contribution is 0.781. The van der Waals surface area contributed by atoms with Crippen LogP contribution in [0.4, 0.5) is 0 Å². The van der Waals surface area contributed by atoms with Crippen molar-refractivity contribution in [1.29, 1.82) is 0 Å². The molecule has 0 aliphatic heterocycles. The van der Waals surface area contributed by atoms with Crippen LogP contribution >= 0.6 is 11.8 Å². The Hall–Kier alpha value is -2.21. The number of hydrogen-bond acceptors (Lipinski definition) is 5. The number of benzene rings is 1. The third-order valence-electron chi connectivity index (χ3n) is 3.28. The van der Waals surface area contributed by atoms with E-state index < -0.39 is 0 Å². The topological polar surface area (TPSA) is 56.5 Å². The summed E-state index contributed by atoms with van der Waals surface area (Å²) in [6.45, 7) is 0. The number of nitrogens with zero attached hydrogens (tertiary/aromatic N) is 5. The molecule has 104 valence electrons. The molecule has 0 spiro atoms. The number of rotatable bonds is 4. The van der Waals surface area contributed by atoms with Crippen LogP contribution in [0, 0.1) is 0 Å². The van der Waals surface area contributed by atoms with E-state index in [1.54, 1.807) is 18.5 Å². The van der Waals surface area contributed by atoms with Gasteiger partial charge in [0.15, 0.2) is 5.16 Å². The fraction of sp³-hybridized carbons (Fsp3) is 0.200. The van der Waals surface area contributed by atoms with Crippen LogP contribution in [-0.4, -0.2) is 24.7 Å². The minimum Gasteiger partial charge on any atom is -0.231 e. The highest BCUT2D eigenvalue weighted by atomic mass is 32.2. The van der Waals surface area contributed by atoms with Crippen molar-refractivity contribution in [3.8, 4) is 5.69 Å². The van der Waals surface area contributed by atoms with Crippen LogP contribution in [0.3, 0.4) is 0 Å². The largest absolute Gasteiger partial charge is 0.231 e. The van der Waals surface area contributed by atoms with Crippen molar-refractivity contribution in [3.63, 3.8) is 0 Å². The first kappa shape index (κ1) is 12.5. The third kappa shape index (κ3) is 2.67. The van der Waals surface area contributed by atoms with Crippen LogP contribution < -0.4 is 0 Å². The zero-order valence-corrected chi connectivity index (χ0v) is 12.1. The Morgan fingerprint density at radius 3 is 2.43 bits per heavy atom. The van der Waals surface area contributed by atoms with E-state index in [0.717, 1.165) is 11.5 Å². The molecule has 0 unspecified atom stereocenters. The van der Waals surface area contributed by atoms with E-state index in [2.05, 4.69) is 20.1 Å². The molecule has 2 heterocycles. The van der Waals surface area contributed by atoms with Crippen molar-refractivity contribution in [2.75, 3.05) is 0 Å². The van der Waals surface area contributed by atoms with Gasteiger partial charge in [-0.1, -0.05) is 18.2 Å². The van der Waals surface area contributed by atoms with Gasteiger partial charge in [0.2, 0.25) is 5.16 Å². The zero-order chi connectivity index (χ0) is 14.1. The summed E-state index contributed by atoms with van der Waals surface area (Å²) in [7, 11) is 0. The number of hydrogen-bond donors (Lipinski definition) is 0. The molecule has 6 heteroatoms. The molecular formula is C15H13N5S. The molecule has 0 saturated heterocycles. The van der Waals surface area contributed by atoms with Crippen molar-refractivity contribution < 1.29 is 0 Å². The van der Waals surface area contributed by atoms with Gasteiger partial charge >= 0.3 is 0 Å². The molecule has 1 saturated carbocycles. The maximum atomic E-state index is 4.68. The first-order valence-electron chi connectivity index (χ1n) is 6.87. The highest BCUT2D eigenvalue weighted by molar-refractivity contribution is 7.99. The molecule has 4 rings (SSSR count). The Morgan fingerprint density at radius 2 is 1.71 bits per heavy atom. The summed E-state index contributed by atoms with van der Waals surface area (Å²) in [6.07, 6.45) is 5.84. The van der Waals surface area contributed by atoms with Gasteiger partial charge in [0, 0.05) is 18.3 Å². The predicted molar refractivity (Wildman–Crippen MR) is 79.5 cm³/mol. The molecule has 0 amide bonds. The van der Waals surface area contributed by atoms with Crippen molar-refractivity contribution >= 4 is 11.8 Å². The minimum absolute atomic E-state index is 0.531. The summed E-state index contributed by atoms with van der Waals surface area (Å²) >= 11 is 1.40. The van der Waals surface area contributed by atoms with E-state index in [4.69, 9.17) is 0 Å². The van der Waals surface area contributed by atoms with Crippen molar-refractivity contribution in [2.45, 2.75) is 29.1 Å². The maximum absolute atomic E-state index is 4.68. The molecule has 2 aromatic heterocycles. The van der Waals surface area contributed by atoms with Crippen LogP contribution in [0.2, 0.25) is 0 Å². The van der Waals surface area contributed by atoms with Gasteiger partial charge in [0.05, 0.1) is 5.69 Å². The van der Waals surface area contributed by atoms with E-state index in [1.807, 2.05) is 35.0 Å². The molecular weight excluding hydrogens is 282 g/mol. The quantitative estimate of drug-likeness (QED) is 0.692. The second-order valence-electron chi connectivity index (χ2n) is 4.91. The Labute approximate surface area is 126 Å². The van der Waals surface area contributed by atoms with Gasteiger partial charge in [-0.3, -0.25) is 0 Å². The van der Waals surface area contributed by atoms with Crippen LogP contribution in [0.15, 0.2) is 59.1 Å². The van der Waals surface area contributed by atoms with Gasteiger partial charge < -0.3 is 0 Å². The van der Waals surface area contributed by atoms with Gasteiger partial charge in [-0.25, -0.2) is 19.6 Å². The number of para-hydroxylation sites is 1. The fourth-order valence-electron chi connectivity index (χ4n) is 2.13. The van der Waals surface area contributed by atoms with Crippen LogP contribution in [0.25, 0.3) is 5.69 Å². The molecule has 0 N–H and O–H groups in total. The van der Waals surface area contributed by atoms with Crippen LogP contribution in [0.1, 0.15) is 24.6 Å². The second kappa shape index (κ2) is 5.29. The lowest BCUT2D eigenvalue weighted by Gasteiger charge is -2.03. The Morgan fingerprint density at radius 1 is 0.952 bits per heavy atom. The minimum atomic E-state index is 0.531. The summed E-state index contributed by atoms with van der Waals surface area (Å²) in [4.78, 5) is 13.1. The van der Waals surface area contributed by atoms with Gasteiger partial charge in [-0.2, -0.15) is 0 Å². The lowest BCUT2D eigenvalue weighted by atomic mass is 10.3. The van der Waals surface area contributed by atoms with E-state index >= 15 is 0 Å². The fourth-order valence-corrected chi connectivity index (χ4v) is 2.78. The molecule has 3 aromatic rings. The Balaban J connectivity index is 1.70. The van der Waals surface area contributed by atoms with Gasteiger partial charge in [0.1, 0.15) is 5.82 Å². The standard InChI is InChI=1S/C15H13N5S/c1-2-5-12(6-3-1)20-13(11-7-8-11)18-15(19-20)21-14-16-9-4-10-17-14/h1-6,9-11H,7-8H2. The maximum Gasteiger partial charge on any atom is 0.216 e. The van der Waals surface area contributed by atoms with Gasteiger partial charge in [0.25, 0.3) is 0 Å². The van der Waals surface area contributed by atoms with Gasteiger partial charge in [-0.15, -0.1) is 5.10 Å². The highest BCUT2D eigenvalue weighted by Crippen LogP contribution is 2.40. The van der Waals surface area contributed by atoms with E-state index in [0.29, 0.717) is 16.2 Å². The molecule has 1 aliphatic rings. The normalized spacial score (nSPS) is 14.3. The first-order chi connectivity index (χ1) is 10.4. The smallest absolute Gasteiger partial charge is 0.216 e. The first-order valence-corrected chi connectivity index (χ1v) is 7.69. The highest BCUT2D eigenvalue weighted by Gasteiger charge is 2.30. The molecule has 1 fully saturated rings. The molecule has 0 bridgehead atoms. The van der Waals surface area contributed by atoms with Crippen molar-refractivity contribution in [3.05, 3.63) is 54.6 Å². The molecule has 1 aliphatic carbocycles. The van der Waals surface area contributed by atoms with E-state index in [-0.39, 0.29) is 0 Å². The van der Waals surface area contributed by atoms with Crippen molar-refractivity contribution in [1.82, 2.24) is 24.7 Å². The predicted octanol–water partition coefficient (Wildman–Crippen LogP) is 3.09. The van der Waals surface area contributed by atoms with Gasteiger partial charge in [-0.05, 0) is 42.8 Å². The van der Waals surface area contributed by atoms with E-state index in [9.17, 15) is 0 Å². The third-order valence-corrected chi connectivity index (χ3v) is 4.03. The SMILES string of the molecule is c1ccc(-n2nc(Sc3ncccn3)nc2C2CC2)cc1. The summed E-state index contributed by atoms with van der Waals surface area (Å²) in [5.41, 5.74) is 1.05. The summed E-state index contributed by atoms with van der Waals surface area (Å²) < 4.78 is 1.95. The molecule has 0 atom stereocenters. The zero-order valence-electron chi connectivity index (χ0n) is 11.3. The second-order valence-corrected chi connectivity index (χ2v) is 5.84. The average molecular weight is 295 g/mol. The summed E-state index contributed by atoms with van der Waals surface area (Å²) in [5, 5.41) is 6.00.